The normalized spacial score (nSPS) is 9.92. The van der Waals surface area contributed by atoms with Gasteiger partial charge in [0.15, 0.2) is 0 Å². The van der Waals surface area contributed by atoms with Crippen LogP contribution in [-0.2, 0) is 29.1 Å². The van der Waals surface area contributed by atoms with Crippen LogP contribution in [0, 0.1) is 0 Å². The van der Waals surface area contributed by atoms with Crippen LogP contribution in [0.25, 0.3) is 44.8 Å². The summed E-state index contributed by atoms with van der Waals surface area (Å²) in [4.78, 5) is 26.1. The van der Waals surface area contributed by atoms with E-state index in [2.05, 4.69) is 19.9 Å². The number of carbonyl (C=O) groups is 1. The number of fused-ring (bicyclic) bond motifs is 2. The first kappa shape index (κ1) is 28.1. The Morgan fingerprint density at radius 2 is 1.11 bits per heavy atom. The molecule has 2 aromatic heterocycles. The molecule has 0 atom stereocenters. The molecule has 38 heavy (non-hydrogen) atoms. The summed E-state index contributed by atoms with van der Waals surface area (Å²) in [5, 5.41) is 8.99. The van der Waals surface area contributed by atoms with Gasteiger partial charge in [-0.25, -0.2) is 9.97 Å². The van der Waals surface area contributed by atoms with Crippen molar-refractivity contribution >= 4 is 28.4 Å². The molecule has 0 fully saturated rings. The molecule has 9 heteroatoms. The van der Waals surface area contributed by atoms with Crippen LogP contribution in [0.1, 0.15) is 23.3 Å². The zero-order chi connectivity index (χ0) is 26.0. The molecule has 4 aromatic carbocycles. The fourth-order valence-corrected chi connectivity index (χ4v) is 3.67. The number of aliphatic hydroxyl groups is 1. The van der Waals surface area contributed by atoms with Crippen molar-refractivity contribution in [2.45, 2.75) is 14.0 Å². The number of benzene rings is 4. The minimum atomic E-state index is -1.44. The molecule has 8 nitrogen and oxygen atoms in total. The summed E-state index contributed by atoms with van der Waals surface area (Å²) < 4.78 is 16.8. The van der Waals surface area contributed by atoms with E-state index >= 15 is 0 Å². The Balaban J connectivity index is 0.000000187. The summed E-state index contributed by atoms with van der Waals surface area (Å²) in [6, 6.07) is 30.9. The molecule has 193 valence electrons. The fourth-order valence-electron chi connectivity index (χ4n) is 3.67. The quantitative estimate of drug-likeness (QED) is 0.178. The number of hydrogen-bond acceptors (Lipinski definition) is 6. The van der Waals surface area contributed by atoms with Crippen molar-refractivity contribution in [3.8, 4) is 22.8 Å². The molecule has 6 rings (SSSR count). The summed E-state index contributed by atoms with van der Waals surface area (Å²) >= 11 is -1.44. The van der Waals surface area contributed by atoms with Gasteiger partial charge >= 0.3 is 22.5 Å². The number of imidazole rings is 2. The average molecular weight is 549 g/mol. The maximum atomic E-state index is 10.6. The van der Waals surface area contributed by atoms with Crippen molar-refractivity contribution in [2.24, 2.45) is 0 Å². The number of rotatable bonds is 4. The second-order valence-electron chi connectivity index (χ2n) is 7.86. The molecule has 3 N–H and O–H groups in total. The number of aromatic nitrogens is 4. The third-order valence-electron chi connectivity index (χ3n) is 5.51. The number of carbonyl (C=O) groups excluding carboxylic acids is 1. The molecular weight excluding hydrogens is 523 g/mol. The second kappa shape index (κ2) is 13.8. The third-order valence-corrected chi connectivity index (χ3v) is 5.51. The van der Waals surface area contributed by atoms with Gasteiger partial charge in [0.2, 0.25) is 0 Å². The van der Waals surface area contributed by atoms with Crippen LogP contribution < -0.4 is 0 Å². The molecule has 6 aromatic rings. The summed E-state index contributed by atoms with van der Waals surface area (Å²) in [5.41, 5.74) is 7.55. The van der Waals surface area contributed by atoms with Crippen molar-refractivity contribution < 1.29 is 32.4 Å². The molecular formula is C29H26MnN4O4. The summed E-state index contributed by atoms with van der Waals surface area (Å²) in [5.74, 6) is 1.68. The summed E-state index contributed by atoms with van der Waals surface area (Å²) in [6.45, 7) is 0.0699. The fraction of sp³-hybridized carbons (Fsp3) is 0.0690. The van der Waals surface area contributed by atoms with Gasteiger partial charge in [0, 0.05) is 16.7 Å². The van der Waals surface area contributed by atoms with E-state index in [1.165, 1.54) is 0 Å². The third kappa shape index (κ3) is 6.86. The van der Waals surface area contributed by atoms with Gasteiger partial charge in [0.1, 0.15) is 17.9 Å². The van der Waals surface area contributed by atoms with Crippen LogP contribution in [0.5, 0.6) is 0 Å². The van der Waals surface area contributed by atoms with Crippen molar-refractivity contribution in [3.63, 3.8) is 0 Å². The predicted molar refractivity (Wildman–Crippen MR) is 142 cm³/mol. The number of aromatic amines is 2. The Bertz CT molecular complexity index is 1590. The summed E-state index contributed by atoms with van der Waals surface area (Å²) in [7, 11) is 0. The van der Waals surface area contributed by atoms with Gasteiger partial charge in [-0.2, -0.15) is 0 Å². The van der Waals surface area contributed by atoms with Gasteiger partial charge < -0.3 is 15.1 Å². The van der Waals surface area contributed by atoms with Crippen molar-refractivity contribution in [1.29, 1.82) is 0 Å². The van der Waals surface area contributed by atoms with Crippen LogP contribution in [-0.4, -0.2) is 31.3 Å². The van der Waals surface area contributed by atoms with Gasteiger partial charge in [0.25, 0.3) is 0 Å². The van der Waals surface area contributed by atoms with E-state index in [0.717, 1.165) is 56.7 Å². The Hall–Kier alpha value is -4.43. The van der Waals surface area contributed by atoms with E-state index in [4.69, 9.17) is 12.8 Å². The van der Waals surface area contributed by atoms with E-state index in [1.54, 1.807) is 12.1 Å². The van der Waals surface area contributed by atoms with Gasteiger partial charge in [-0.15, -0.1) is 0 Å². The number of H-pyrrole nitrogens is 2. The molecule has 0 saturated carbocycles. The number of hydrogen-bond donors (Lipinski definition) is 3. The zero-order valence-electron chi connectivity index (χ0n) is 19.5. The van der Waals surface area contributed by atoms with E-state index in [1.807, 2.05) is 84.9 Å². The Labute approximate surface area is 225 Å². The number of aldehydes is 1. The average Bonchev–Trinajstić information content (AvgIpc) is 3.59. The molecule has 2 heterocycles. The number of nitrogens with one attached hydrogen (secondary N) is 2. The Morgan fingerprint density at radius 3 is 1.50 bits per heavy atom. The van der Waals surface area contributed by atoms with Crippen molar-refractivity contribution in [2.75, 3.05) is 0 Å². The SMILES string of the molecule is C.O=Cc1ccc(-c2nc3ccccc3[nH]2)cc1.OCc1ccc(-c2nc3ccccc3[nH]2)cc1.[O]=[Mn]=[O]. The number of para-hydroxylation sites is 4. The standard InChI is InChI=1S/C14H12N2O.C14H10N2O.CH4.Mn.2O/c2*17-9-10-5-7-11(8-6-10)14-15-12-3-1-2-4-13(12)16-14;;;;/h1-8,17H,9H2,(H,15,16);1-9H,(H,15,16);1H4;;;. The molecule has 0 unspecified atom stereocenters. The first-order valence-electron chi connectivity index (χ1n) is 11.2. The maximum absolute atomic E-state index is 10.6. The predicted octanol–water partition coefficient (Wildman–Crippen LogP) is 6.16. The second-order valence-corrected chi connectivity index (χ2v) is 8.06. The molecule has 0 aliphatic rings. The Kier molecular flexibility index (Phi) is 10.2. The van der Waals surface area contributed by atoms with E-state index < -0.39 is 14.8 Å². The van der Waals surface area contributed by atoms with Gasteiger partial charge in [0.05, 0.1) is 28.7 Å². The molecule has 0 spiro atoms. The molecule has 0 bridgehead atoms. The molecule has 0 amide bonds. The summed E-state index contributed by atoms with van der Waals surface area (Å²) in [6.07, 6.45) is 0.836. The van der Waals surface area contributed by atoms with Crippen LogP contribution in [0.15, 0.2) is 97.1 Å². The Morgan fingerprint density at radius 1 is 0.684 bits per heavy atom. The monoisotopic (exact) mass is 549 g/mol. The van der Waals surface area contributed by atoms with E-state index in [-0.39, 0.29) is 14.0 Å². The molecule has 0 aliphatic heterocycles. The van der Waals surface area contributed by atoms with Crippen LogP contribution in [0.3, 0.4) is 0 Å². The number of nitrogens with zero attached hydrogens (tertiary/aromatic N) is 2. The van der Waals surface area contributed by atoms with Crippen LogP contribution in [0.4, 0.5) is 0 Å². The van der Waals surface area contributed by atoms with E-state index in [0.29, 0.717) is 5.56 Å². The molecule has 0 aliphatic carbocycles. The number of aliphatic hydroxyl groups excluding tert-OH is 1. The first-order chi connectivity index (χ1) is 18.1. The zero-order valence-corrected chi connectivity index (χ0v) is 20.6. The molecule has 0 radical (unpaired) electrons. The van der Waals surface area contributed by atoms with Gasteiger partial charge in [-0.05, 0) is 29.8 Å². The van der Waals surface area contributed by atoms with Crippen molar-refractivity contribution in [1.82, 2.24) is 19.9 Å². The van der Waals surface area contributed by atoms with Crippen LogP contribution >= 0.6 is 0 Å². The topological polar surface area (TPSA) is 129 Å². The van der Waals surface area contributed by atoms with Crippen molar-refractivity contribution in [3.05, 3.63) is 108 Å². The van der Waals surface area contributed by atoms with E-state index in [9.17, 15) is 4.79 Å². The first-order valence-corrected chi connectivity index (χ1v) is 12.2. The van der Waals surface area contributed by atoms with Crippen LogP contribution in [0.2, 0.25) is 0 Å². The molecule has 0 saturated heterocycles. The van der Waals surface area contributed by atoms with Gasteiger partial charge in [-0.1, -0.05) is 80.2 Å². The minimum absolute atomic E-state index is 0. The van der Waals surface area contributed by atoms with Gasteiger partial charge in [-0.3, -0.25) is 4.79 Å².